The molecule has 1 aromatic heterocycles. The first kappa shape index (κ1) is 12.2. The van der Waals surface area contributed by atoms with Crippen molar-refractivity contribution in [3.8, 4) is 16.9 Å². The first-order valence-electron chi connectivity index (χ1n) is 5.91. The standard InChI is InChI=1S/C14H16N2O2/c1-2-8-16-9-7-12(13(15)14(16)18)10-3-5-11(17)6-4-10/h3-7,9,17H,2,8,15H2,1H3. The summed E-state index contributed by atoms with van der Waals surface area (Å²) in [4.78, 5) is 12.0. The summed E-state index contributed by atoms with van der Waals surface area (Å²) in [6, 6.07) is 8.47. The van der Waals surface area contributed by atoms with Crippen LogP contribution in [-0.4, -0.2) is 9.67 Å². The number of nitrogen functional groups attached to an aromatic ring is 1. The van der Waals surface area contributed by atoms with Crippen molar-refractivity contribution in [2.75, 3.05) is 5.73 Å². The maximum Gasteiger partial charge on any atom is 0.274 e. The minimum absolute atomic E-state index is 0.164. The van der Waals surface area contributed by atoms with Gasteiger partial charge in [0.25, 0.3) is 5.56 Å². The second-order valence-electron chi connectivity index (χ2n) is 4.19. The predicted octanol–water partition coefficient (Wildman–Crippen LogP) is 2.21. The van der Waals surface area contributed by atoms with Crippen molar-refractivity contribution >= 4 is 5.69 Å². The van der Waals surface area contributed by atoms with E-state index in [-0.39, 0.29) is 17.0 Å². The van der Waals surface area contributed by atoms with Gasteiger partial charge in [0.05, 0.1) is 0 Å². The summed E-state index contributed by atoms with van der Waals surface area (Å²) in [5.41, 5.74) is 7.50. The third kappa shape index (κ3) is 2.22. The number of benzene rings is 1. The maximum absolute atomic E-state index is 12.0. The number of anilines is 1. The summed E-state index contributed by atoms with van der Waals surface area (Å²) in [6.07, 6.45) is 2.64. The van der Waals surface area contributed by atoms with Gasteiger partial charge in [-0.05, 0) is 30.2 Å². The van der Waals surface area contributed by atoms with E-state index in [0.29, 0.717) is 12.1 Å². The van der Waals surface area contributed by atoms with E-state index >= 15 is 0 Å². The smallest absolute Gasteiger partial charge is 0.274 e. The van der Waals surface area contributed by atoms with E-state index in [2.05, 4.69) is 0 Å². The fraction of sp³-hybridized carbons (Fsp3) is 0.214. The van der Waals surface area contributed by atoms with Crippen molar-refractivity contribution in [2.45, 2.75) is 19.9 Å². The Kier molecular flexibility index (Phi) is 3.37. The SMILES string of the molecule is CCCn1ccc(-c2ccc(O)cc2)c(N)c1=O. The van der Waals surface area contributed by atoms with E-state index in [1.807, 2.05) is 13.0 Å². The molecule has 0 aliphatic carbocycles. The van der Waals surface area contributed by atoms with Gasteiger partial charge >= 0.3 is 0 Å². The number of hydrogen-bond donors (Lipinski definition) is 2. The Morgan fingerprint density at radius 3 is 2.50 bits per heavy atom. The molecule has 0 atom stereocenters. The summed E-state index contributed by atoms with van der Waals surface area (Å²) < 4.78 is 1.61. The quantitative estimate of drug-likeness (QED) is 0.869. The summed E-state index contributed by atoms with van der Waals surface area (Å²) in [5.74, 6) is 0.191. The van der Waals surface area contributed by atoms with Crippen LogP contribution in [0, 0.1) is 0 Å². The number of rotatable bonds is 3. The van der Waals surface area contributed by atoms with Gasteiger partial charge in [-0.15, -0.1) is 0 Å². The molecule has 0 aliphatic heterocycles. The molecular formula is C14H16N2O2. The van der Waals surface area contributed by atoms with Crippen molar-refractivity contribution < 1.29 is 5.11 Å². The average Bonchev–Trinajstić information content (AvgIpc) is 2.37. The van der Waals surface area contributed by atoms with Crippen molar-refractivity contribution in [2.24, 2.45) is 0 Å². The highest BCUT2D eigenvalue weighted by atomic mass is 16.3. The summed E-state index contributed by atoms with van der Waals surface area (Å²) in [6.45, 7) is 2.68. The van der Waals surface area contributed by atoms with Gasteiger partial charge in [0, 0.05) is 18.3 Å². The molecule has 18 heavy (non-hydrogen) atoms. The average molecular weight is 244 g/mol. The molecule has 0 saturated carbocycles. The molecule has 1 heterocycles. The zero-order valence-electron chi connectivity index (χ0n) is 10.3. The Hall–Kier alpha value is -2.23. The van der Waals surface area contributed by atoms with Crippen molar-refractivity contribution in [3.05, 3.63) is 46.9 Å². The molecule has 4 heteroatoms. The van der Waals surface area contributed by atoms with Crippen LogP contribution in [0.4, 0.5) is 5.69 Å². The zero-order valence-corrected chi connectivity index (χ0v) is 10.3. The largest absolute Gasteiger partial charge is 0.508 e. The van der Waals surface area contributed by atoms with E-state index in [0.717, 1.165) is 12.0 Å². The Balaban J connectivity index is 2.50. The summed E-state index contributed by atoms with van der Waals surface area (Å²) in [5, 5.41) is 9.24. The maximum atomic E-state index is 12.0. The molecule has 0 bridgehead atoms. The third-order valence-electron chi connectivity index (χ3n) is 2.85. The van der Waals surface area contributed by atoms with Crippen LogP contribution in [0.2, 0.25) is 0 Å². The van der Waals surface area contributed by atoms with E-state index < -0.39 is 0 Å². The van der Waals surface area contributed by atoms with Gasteiger partial charge in [0.2, 0.25) is 0 Å². The topological polar surface area (TPSA) is 68.2 Å². The van der Waals surface area contributed by atoms with Crippen molar-refractivity contribution in [1.29, 1.82) is 0 Å². The molecule has 0 saturated heterocycles. The molecule has 94 valence electrons. The lowest BCUT2D eigenvalue weighted by atomic mass is 10.1. The van der Waals surface area contributed by atoms with E-state index in [4.69, 9.17) is 5.73 Å². The number of hydrogen-bond acceptors (Lipinski definition) is 3. The van der Waals surface area contributed by atoms with Crippen LogP contribution < -0.4 is 11.3 Å². The first-order valence-corrected chi connectivity index (χ1v) is 5.91. The van der Waals surface area contributed by atoms with Crippen LogP contribution in [-0.2, 0) is 6.54 Å². The second kappa shape index (κ2) is 4.96. The molecule has 0 amide bonds. The number of pyridine rings is 1. The van der Waals surface area contributed by atoms with Crippen LogP contribution in [0.3, 0.4) is 0 Å². The molecule has 0 unspecified atom stereocenters. The van der Waals surface area contributed by atoms with E-state index in [9.17, 15) is 9.90 Å². The zero-order chi connectivity index (χ0) is 13.1. The van der Waals surface area contributed by atoms with Gasteiger partial charge in [-0.25, -0.2) is 0 Å². The Labute approximate surface area is 105 Å². The molecule has 4 nitrogen and oxygen atoms in total. The molecule has 0 aliphatic rings. The number of nitrogens with two attached hydrogens (primary N) is 1. The van der Waals surface area contributed by atoms with Gasteiger partial charge in [-0.2, -0.15) is 0 Å². The Bertz CT molecular complexity index is 600. The number of aromatic nitrogens is 1. The number of nitrogens with zero attached hydrogens (tertiary/aromatic N) is 1. The molecule has 2 rings (SSSR count). The van der Waals surface area contributed by atoms with Gasteiger partial charge < -0.3 is 15.4 Å². The predicted molar refractivity (Wildman–Crippen MR) is 72.5 cm³/mol. The van der Waals surface area contributed by atoms with Crippen LogP contribution in [0.15, 0.2) is 41.3 Å². The molecule has 0 fully saturated rings. The van der Waals surface area contributed by atoms with Gasteiger partial charge in [0.15, 0.2) is 0 Å². The minimum atomic E-state index is -0.164. The molecule has 3 N–H and O–H groups in total. The summed E-state index contributed by atoms with van der Waals surface area (Å²) in [7, 11) is 0. The Morgan fingerprint density at radius 2 is 1.89 bits per heavy atom. The highest BCUT2D eigenvalue weighted by Crippen LogP contribution is 2.24. The van der Waals surface area contributed by atoms with Gasteiger partial charge in [-0.3, -0.25) is 4.79 Å². The normalized spacial score (nSPS) is 10.5. The number of aromatic hydroxyl groups is 1. The van der Waals surface area contributed by atoms with Crippen molar-refractivity contribution in [3.63, 3.8) is 0 Å². The number of phenols is 1. The van der Waals surface area contributed by atoms with Crippen LogP contribution >= 0.6 is 0 Å². The second-order valence-corrected chi connectivity index (χ2v) is 4.19. The van der Waals surface area contributed by atoms with Crippen LogP contribution in [0.25, 0.3) is 11.1 Å². The molecular weight excluding hydrogens is 228 g/mol. The lowest BCUT2D eigenvalue weighted by molar-refractivity contribution is 0.475. The van der Waals surface area contributed by atoms with Crippen molar-refractivity contribution in [1.82, 2.24) is 4.57 Å². The lowest BCUT2D eigenvalue weighted by Crippen LogP contribution is -2.22. The fourth-order valence-corrected chi connectivity index (χ4v) is 1.90. The monoisotopic (exact) mass is 244 g/mol. The van der Waals surface area contributed by atoms with Crippen LogP contribution in [0.1, 0.15) is 13.3 Å². The third-order valence-corrected chi connectivity index (χ3v) is 2.85. The minimum Gasteiger partial charge on any atom is -0.508 e. The van der Waals surface area contributed by atoms with Gasteiger partial charge in [0.1, 0.15) is 11.4 Å². The number of phenolic OH excluding ortho intramolecular Hbond substituents is 1. The van der Waals surface area contributed by atoms with Crippen LogP contribution in [0.5, 0.6) is 5.75 Å². The highest BCUT2D eigenvalue weighted by molar-refractivity contribution is 5.75. The van der Waals surface area contributed by atoms with Gasteiger partial charge in [-0.1, -0.05) is 19.1 Å². The molecule has 1 aromatic carbocycles. The molecule has 0 spiro atoms. The fourth-order valence-electron chi connectivity index (χ4n) is 1.90. The van der Waals surface area contributed by atoms with E-state index in [1.165, 1.54) is 0 Å². The van der Waals surface area contributed by atoms with E-state index in [1.54, 1.807) is 35.0 Å². The highest BCUT2D eigenvalue weighted by Gasteiger charge is 2.08. The Morgan fingerprint density at radius 1 is 1.22 bits per heavy atom. The molecule has 0 radical (unpaired) electrons. The first-order chi connectivity index (χ1) is 8.63. The number of aryl methyl sites for hydroxylation is 1. The molecule has 2 aromatic rings. The summed E-state index contributed by atoms with van der Waals surface area (Å²) >= 11 is 0. The lowest BCUT2D eigenvalue weighted by Gasteiger charge is -2.09.